The number of aliphatic carboxylic acids is 1. The van der Waals surface area contributed by atoms with Gasteiger partial charge in [-0.2, -0.15) is 13.2 Å². The van der Waals surface area contributed by atoms with Gasteiger partial charge in [0.15, 0.2) is 0 Å². The Kier molecular flexibility index (Phi) is 4.89. The van der Waals surface area contributed by atoms with Gasteiger partial charge in [0.1, 0.15) is 11.7 Å². The minimum atomic E-state index is -5.12. The Morgan fingerprint density at radius 2 is 2.03 bits per heavy atom. The average molecular weight is 481 g/mol. The van der Waals surface area contributed by atoms with E-state index in [-0.39, 0.29) is 30.1 Å². The fourth-order valence-corrected chi connectivity index (χ4v) is 5.95. The number of carboxylic acids is 1. The lowest BCUT2D eigenvalue weighted by molar-refractivity contribution is -0.190. The van der Waals surface area contributed by atoms with Crippen LogP contribution in [0.5, 0.6) is 0 Å². The van der Waals surface area contributed by atoms with E-state index in [2.05, 4.69) is 0 Å². The van der Waals surface area contributed by atoms with E-state index in [1.165, 1.54) is 17.4 Å². The predicted molar refractivity (Wildman–Crippen MR) is 107 cm³/mol. The Morgan fingerprint density at radius 1 is 1.27 bits per heavy atom. The highest BCUT2D eigenvalue weighted by molar-refractivity contribution is 7.09. The van der Waals surface area contributed by atoms with Gasteiger partial charge >= 0.3 is 18.1 Å². The van der Waals surface area contributed by atoms with Crippen LogP contribution in [0.25, 0.3) is 0 Å². The largest absolute Gasteiger partial charge is 0.477 e. The topological polar surface area (TPSA) is 98.2 Å². The lowest BCUT2D eigenvalue weighted by atomic mass is 9.79. The first-order valence-electron chi connectivity index (χ1n) is 10.3. The molecule has 12 heteroatoms. The maximum absolute atomic E-state index is 13.0. The maximum atomic E-state index is 13.0. The first-order chi connectivity index (χ1) is 15.6. The maximum Gasteiger partial charge on any atom is 0.471 e. The smallest absolute Gasteiger partial charge is 0.471 e. The number of alkyl halides is 3. The van der Waals surface area contributed by atoms with Gasteiger partial charge in [-0.25, -0.2) is 4.79 Å². The van der Waals surface area contributed by atoms with Crippen molar-refractivity contribution in [2.24, 2.45) is 5.92 Å². The molecule has 0 bridgehead atoms. The SMILES string of the molecule is O=C(O)C1=C(/C=C2\CCN(Cc3cccs3)C2=O)C[C@@H]2CN(C(=O)C(F)(F)F)[C@@H]3C(=O)N1[C@H]23. The Morgan fingerprint density at radius 3 is 2.67 bits per heavy atom. The third kappa shape index (κ3) is 3.35. The summed E-state index contributed by atoms with van der Waals surface area (Å²) in [5.41, 5.74) is 0.290. The Labute approximate surface area is 189 Å². The highest BCUT2D eigenvalue weighted by atomic mass is 32.1. The van der Waals surface area contributed by atoms with E-state index in [0.717, 1.165) is 9.78 Å². The van der Waals surface area contributed by atoms with Gasteiger partial charge in [-0.1, -0.05) is 6.07 Å². The number of amides is 3. The van der Waals surface area contributed by atoms with Crippen molar-refractivity contribution in [1.29, 1.82) is 0 Å². The van der Waals surface area contributed by atoms with Crippen LogP contribution in [0.15, 0.2) is 40.4 Å². The minimum Gasteiger partial charge on any atom is -0.477 e. The van der Waals surface area contributed by atoms with E-state index >= 15 is 0 Å². The van der Waals surface area contributed by atoms with Gasteiger partial charge in [0.05, 0.1) is 12.6 Å². The van der Waals surface area contributed by atoms with Crippen LogP contribution in [0.3, 0.4) is 0 Å². The molecule has 3 amide bonds. The average Bonchev–Trinajstić information content (AvgIpc) is 3.45. The first-order valence-corrected chi connectivity index (χ1v) is 11.2. The highest BCUT2D eigenvalue weighted by Gasteiger charge is 2.66. The van der Waals surface area contributed by atoms with Crippen LogP contribution in [0.1, 0.15) is 17.7 Å². The van der Waals surface area contributed by atoms with Crippen LogP contribution in [-0.2, 0) is 25.7 Å². The van der Waals surface area contributed by atoms with Crippen LogP contribution in [0.4, 0.5) is 13.2 Å². The van der Waals surface area contributed by atoms with Gasteiger partial charge in [-0.15, -0.1) is 11.3 Å². The number of carboxylic acid groups (broad SMARTS) is 1. The molecule has 0 aliphatic carbocycles. The van der Waals surface area contributed by atoms with Crippen molar-refractivity contribution in [2.45, 2.75) is 37.6 Å². The van der Waals surface area contributed by atoms with Crippen molar-refractivity contribution in [2.75, 3.05) is 13.1 Å². The molecule has 3 saturated heterocycles. The number of likely N-dealkylation sites (tertiary alicyclic amines) is 2. The van der Waals surface area contributed by atoms with E-state index in [1.807, 2.05) is 17.5 Å². The standard InChI is InChI=1S/C21H18F3N3O5S/c22-21(23,24)20(32)26-8-12-7-11(15(19(30)31)27-14(12)16(26)18(27)29)6-10-3-4-25(17(10)28)9-13-2-1-5-33-13/h1-2,5-6,12,14,16H,3-4,7-9H2,(H,30,31)/b10-6+/t12-,14-,16+/m1/s1. The molecule has 5 rings (SSSR count). The number of β-lactam (4-membered cyclic amide) rings is 1. The normalized spacial score (nSPS) is 28.0. The minimum absolute atomic E-state index is 0.0654. The molecule has 0 radical (unpaired) electrons. The van der Waals surface area contributed by atoms with Crippen molar-refractivity contribution in [3.63, 3.8) is 0 Å². The number of carbonyl (C=O) groups excluding carboxylic acids is 3. The van der Waals surface area contributed by atoms with Gasteiger partial charge < -0.3 is 14.9 Å². The van der Waals surface area contributed by atoms with Gasteiger partial charge in [0.25, 0.3) is 5.91 Å². The monoisotopic (exact) mass is 481 g/mol. The molecule has 4 aliphatic rings. The van der Waals surface area contributed by atoms with Crippen LogP contribution < -0.4 is 0 Å². The van der Waals surface area contributed by atoms with E-state index in [1.54, 1.807) is 4.90 Å². The number of allylic oxidation sites excluding steroid dienone is 2. The summed E-state index contributed by atoms with van der Waals surface area (Å²) in [4.78, 5) is 53.5. The zero-order valence-corrected chi connectivity index (χ0v) is 17.9. The lowest BCUT2D eigenvalue weighted by Gasteiger charge is -2.49. The summed E-state index contributed by atoms with van der Waals surface area (Å²) >= 11 is 1.52. The van der Waals surface area contributed by atoms with E-state index in [9.17, 15) is 37.5 Å². The zero-order chi connectivity index (χ0) is 23.7. The molecule has 0 saturated carbocycles. The quantitative estimate of drug-likeness (QED) is 0.522. The summed E-state index contributed by atoms with van der Waals surface area (Å²) in [7, 11) is 0. The number of carbonyl (C=O) groups is 4. The molecule has 8 nitrogen and oxygen atoms in total. The number of halogens is 3. The third-order valence-electron chi connectivity index (χ3n) is 6.58. The molecule has 0 unspecified atom stereocenters. The summed E-state index contributed by atoms with van der Waals surface area (Å²) in [5, 5.41) is 11.7. The number of nitrogens with zero attached hydrogens (tertiary/aromatic N) is 3. The molecule has 1 N–H and O–H groups in total. The molecular formula is C21H18F3N3O5S. The van der Waals surface area contributed by atoms with E-state index < -0.39 is 42.0 Å². The van der Waals surface area contributed by atoms with Crippen LogP contribution in [0.2, 0.25) is 0 Å². The molecule has 33 heavy (non-hydrogen) atoms. The highest BCUT2D eigenvalue weighted by Crippen LogP contribution is 2.48. The molecule has 0 aromatic carbocycles. The molecule has 0 spiro atoms. The van der Waals surface area contributed by atoms with E-state index in [4.69, 9.17) is 0 Å². The molecule has 1 aromatic heterocycles. The van der Waals surface area contributed by atoms with Crippen LogP contribution >= 0.6 is 11.3 Å². The summed E-state index contributed by atoms with van der Waals surface area (Å²) in [6.45, 7) is 0.598. The zero-order valence-electron chi connectivity index (χ0n) is 17.0. The fraction of sp³-hybridized carbons (Fsp3) is 0.429. The van der Waals surface area contributed by atoms with Crippen molar-refractivity contribution in [3.05, 3.63) is 45.3 Å². The second-order valence-electron chi connectivity index (χ2n) is 8.47. The Bertz CT molecular complexity index is 1130. The first kappa shape index (κ1) is 21.7. The molecule has 5 heterocycles. The molecule has 174 valence electrons. The molecule has 4 aliphatic heterocycles. The lowest BCUT2D eigenvalue weighted by Crippen LogP contribution is -2.70. The Balaban J connectivity index is 1.43. The molecular weight excluding hydrogens is 463 g/mol. The second kappa shape index (κ2) is 7.44. The van der Waals surface area contributed by atoms with Crippen LogP contribution in [-0.4, -0.2) is 74.8 Å². The van der Waals surface area contributed by atoms with Crippen LogP contribution in [0, 0.1) is 5.92 Å². The van der Waals surface area contributed by atoms with Crippen molar-refractivity contribution >= 4 is 35.0 Å². The van der Waals surface area contributed by atoms with Gasteiger partial charge in [0, 0.05) is 29.5 Å². The second-order valence-corrected chi connectivity index (χ2v) is 9.50. The molecule has 3 atom stereocenters. The van der Waals surface area contributed by atoms with Crippen molar-refractivity contribution < 1.29 is 37.5 Å². The van der Waals surface area contributed by atoms with Gasteiger partial charge in [-0.3, -0.25) is 19.3 Å². The summed E-state index contributed by atoms with van der Waals surface area (Å²) < 4.78 is 39.0. The summed E-state index contributed by atoms with van der Waals surface area (Å²) in [5.74, 6) is -5.11. The Hall–Kier alpha value is -3.15. The van der Waals surface area contributed by atoms with Gasteiger partial charge in [-0.05, 0) is 35.9 Å². The van der Waals surface area contributed by atoms with E-state index in [0.29, 0.717) is 30.0 Å². The predicted octanol–water partition coefficient (Wildman–Crippen LogP) is 1.75. The summed E-state index contributed by atoms with van der Waals surface area (Å²) in [6, 6.07) is 1.69. The summed E-state index contributed by atoms with van der Waals surface area (Å²) in [6.07, 6.45) is -3.20. The van der Waals surface area contributed by atoms with Crippen molar-refractivity contribution in [1.82, 2.24) is 14.7 Å². The number of thiophene rings is 1. The van der Waals surface area contributed by atoms with Crippen molar-refractivity contribution in [3.8, 4) is 0 Å². The molecule has 3 fully saturated rings. The fourth-order valence-electron chi connectivity index (χ4n) is 5.23. The molecule has 1 aromatic rings. The third-order valence-corrected chi connectivity index (χ3v) is 7.44. The number of hydrogen-bond acceptors (Lipinski definition) is 5. The number of hydrogen-bond donors (Lipinski definition) is 1. The van der Waals surface area contributed by atoms with Gasteiger partial charge in [0.2, 0.25) is 5.91 Å². The number of rotatable bonds is 4.